The van der Waals surface area contributed by atoms with E-state index < -0.39 is 8.32 Å². The van der Waals surface area contributed by atoms with Gasteiger partial charge in [0.2, 0.25) is 0 Å². The summed E-state index contributed by atoms with van der Waals surface area (Å²) in [6.45, 7) is 24.4. The molecule has 2 aliphatic rings. The van der Waals surface area contributed by atoms with Gasteiger partial charge >= 0.3 is 0 Å². The molecule has 1 aromatic carbocycles. The Labute approximate surface area is 180 Å². The van der Waals surface area contributed by atoms with E-state index in [1.807, 2.05) is 0 Å². The highest BCUT2D eigenvalue weighted by Gasteiger charge is 2.62. The number of rotatable bonds is 5. The van der Waals surface area contributed by atoms with Crippen molar-refractivity contribution >= 4 is 8.32 Å². The van der Waals surface area contributed by atoms with Crippen molar-refractivity contribution in [3.8, 4) is 0 Å². The second-order valence-electron chi connectivity index (χ2n) is 12.8. The van der Waals surface area contributed by atoms with Crippen LogP contribution in [0.25, 0.3) is 0 Å². The molecule has 0 amide bonds. The van der Waals surface area contributed by atoms with Gasteiger partial charge in [-0.25, -0.2) is 0 Å². The molecule has 0 heterocycles. The molecule has 0 bridgehead atoms. The number of benzene rings is 1. The fourth-order valence-corrected chi connectivity index (χ4v) is 6.20. The summed E-state index contributed by atoms with van der Waals surface area (Å²) < 4.78 is 6.58. The van der Waals surface area contributed by atoms with Gasteiger partial charge in [-0.15, -0.1) is 0 Å². The second-order valence-corrected chi connectivity index (χ2v) is 17.6. The second kappa shape index (κ2) is 6.93. The number of aliphatic hydroxyl groups excluding tert-OH is 1. The van der Waals surface area contributed by atoms with Gasteiger partial charge in [-0.05, 0) is 70.3 Å². The zero-order chi connectivity index (χ0) is 22.0. The molecule has 1 aromatic rings. The van der Waals surface area contributed by atoms with E-state index in [-0.39, 0.29) is 27.9 Å². The van der Waals surface area contributed by atoms with Gasteiger partial charge in [-0.1, -0.05) is 73.6 Å². The molecule has 164 valence electrons. The van der Waals surface area contributed by atoms with E-state index >= 15 is 0 Å². The van der Waals surface area contributed by atoms with Crippen molar-refractivity contribution in [1.82, 2.24) is 0 Å². The van der Waals surface area contributed by atoms with Crippen molar-refractivity contribution in [1.29, 1.82) is 0 Å². The first-order chi connectivity index (χ1) is 13.1. The van der Waals surface area contributed by atoms with Crippen LogP contribution in [-0.4, -0.2) is 26.6 Å². The number of hydrogen-bond acceptors (Lipinski definition) is 2. The Morgan fingerprint density at radius 2 is 1.52 bits per heavy atom. The van der Waals surface area contributed by atoms with E-state index in [0.29, 0.717) is 11.8 Å². The summed E-state index contributed by atoms with van der Waals surface area (Å²) in [5.74, 6) is 0.699. The molecular formula is C26H44O2Si. The van der Waals surface area contributed by atoms with Crippen molar-refractivity contribution in [2.45, 2.75) is 103 Å². The molecule has 3 rings (SSSR count). The van der Waals surface area contributed by atoms with E-state index in [9.17, 15) is 5.11 Å². The summed E-state index contributed by atoms with van der Waals surface area (Å²) in [4.78, 5) is 0. The van der Waals surface area contributed by atoms with Crippen molar-refractivity contribution in [3.05, 3.63) is 34.9 Å². The minimum Gasteiger partial charge on any atom is -0.417 e. The van der Waals surface area contributed by atoms with Gasteiger partial charge in [-0.3, -0.25) is 0 Å². The molecule has 1 saturated carbocycles. The van der Waals surface area contributed by atoms with Gasteiger partial charge < -0.3 is 9.53 Å². The normalized spacial score (nSPS) is 30.7. The maximum atomic E-state index is 10.1. The van der Waals surface area contributed by atoms with Gasteiger partial charge in [0.05, 0.1) is 0 Å². The Kier molecular flexibility index (Phi) is 5.51. The lowest BCUT2D eigenvalue weighted by Gasteiger charge is -2.42. The molecule has 2 nitrogen and oxygen atoms in total. The van der Waals surface area contributed by atoms with Crippen molar-refractivity contribution < 1.29 is 9.53 Å². The Balaban J connectivity index is 1.90. The maximum Gasteiger partial charge on any atom is 0.191 e. The summed E-state index contributed by atoms with van der Waals surface area (Å²) in [6.07, 6.45) is 2.47. The molecule has 3 heteroatoms. The monoisotopic (exact) mass is 416 g/mol. The largest absolute Gasteiger partial charge is 0.417 e. The van der Waals surface area contributed by atoms with Crippen LogP contribution in [0.2, 0.25) is 18.1 Å². The number of aliphatic hydroxyl groups is 1. The first-order valence-electron chi connectivity index (χ1n) is 11.5. The lowest BCUT2D eigenvalue weighted by atomic mass is 9.62. The maximum absolute atomic E-state index is 10.1. The lowest BCUT2D eigenvalue weighted by Crippen LogP contribution is -2.41. The molecule has 0 aromatic heterocycles. The third-order valence-electron chi connectivity index (χ3n) is 9.02. The molecule has 0 saturated heterocycles. The first-order valence-corrected chi connectivity index (χ1v) is 14.4. The van der Waals surface area contributed by atoms with Crippen molar-refractivity contribution in [2.75, 3.05) is 13.2 Å². The van der Waals surface area contributed by atoms with Crippen LogP contribution >= 0.6 is 0 Å². The number of hydrogen-bond donors (Lipinski definition) is 1. The van der Waals surface area contributed by atoms with E-state index in [2.05, 4.69) is 86.7 Å². The van der Waals surface area contributed by atoms with Crippen LogP contribution in [-0.2, 0) is 20.7 Å². The Morgan fingerprint density at radius 3 is 2.03 bits per heavy atom. The van der Waals surface area contributed by atoms with Gasteiger partial charge in [-0.2, -0.15) is 0 Å². The zero-order valence-corrected chi connectivity index (χ0v) is 21.6. The molecule has 0 unspecified atom stereocenters. The Morgan fingerprint density at radius 1 is 0.966 bits per heavy atom. The molecular weight excluding hydrogens is 372 g/mol. The van der Waals surface area contributed by atoms with Crippen LogP contribution in [0.5, 0.6) is 0 Å². The summed E-state index contributed by atoms with van der Waals surface area (Å²) in [5.41, 5.74) is 4.90. The smallest absolute Gasteiger partial charge is 0.191 e. The van der Waals surface area contributed by atoms with Gasteiger partial charge in [0.1, 0.15) is 0 Å². The van der Waals surface area contributed by atoms with Gasteiger partial charge in [0.25, 0.3) is 0 Å². The standard InChI is InChI=1S/C26H44O2Si/c1-23(2,3)29(9,10)28-17-22-21(16-27)26(22,8)18-11-12-19-20(15-18)25(6,7)14-13-24(19,4)5/h11-12,15,21-22,27H,13-14,16-17H2,1-10H3/t21-,22-,26+/m1/s1. The molecule has 0 spiro atoms. The third-order valence-corrected chi connectivity index (χ3v) is 13.5. The van der Waals surface area contributed by atoms with Crippen LogP contribution in [0.4, 0.5) is 0 Å². The predicted octanol–water partition coefficient (Wildman–Crippen LogP) is 6.55. The topological polar surface area (TPSA) is 29.5 Å². The molecule has 1 fully saturated rings. The summed E-state index contributed by atoms with van der Waals surface area (Å²) in [6, 6.07) is 7.21. The zero-order valence-electron chi connectivity index (χ0n) is 20.6. The predicted molar refractivity (Wildman–Crippen MR) is 126 cm³/mol. The molecule has 0 aliphatic heterocycles. The Bertz CT molecular complexity index is 771. The van der Waals surface area contributed by atoms with E-state index in [1.54, 1.807) is 0 Å². The van der Waals surface area contributed by atoms with Crippen LogP contribution in [0.1, 0.15) is 84.9 Å². The molecule has 0 radical (unpaired) electrons. The average molecular weight is 417 g/mol. The minimum atomic E-state index is -1.78. The summed E-state index contributed by atoms with van der Waals surface area (Å²) >= 11 is 0. The van der Waals surface area contributed by atoms with Crippen LogP contribution in [0.15, 0.2) is 18.2 Å². The molecule has 29 heavy (non-hydrogen) atoms. The third kappa shape index (κ3) is 3.76. The van der Waals surface area contributed by atoms with Gasteiger partial charge in [0.15, 0.2) is 8.32 Å². The van der Waals surface area contributed by atoms with Crippen LogP contribution in [0.3, 0.4) is 0 Å². The minimum absolute atomic E-state index is 0.0177. The summed E-state index contributed by atoms with van der Waals surface area (Å²) in [5, 5.41) is 10.4. The first kappa shape index (κ1) is 23.0. The Hall–Kier alpha value is -0.643. The van der Waals surface area contributed by atoms with Crippen LogP contribution < -0.4 is 0 Å². The highest BCUT2D eigenvalue weighted by molar-refractivity contribution is 6.74. The van der Waals surface area contributed by atoms with Crippen LogP contribution in [0, 0.1) is 11.8 Å². The SMILES string of the molecule is CC1(C)CCC(C)(C)c2cc([C@@]3(C)[C@H](CO)[C@H]3CO[Si](C)(C)C(C)(C)C)ccc21. The average Bonchev–Trinajstić information content (AvgIpc) is 3.20. The van der Waals surface area contributed by atoms with E-state index in [0.717, 1.165) is 6.61 Å². The number of fused-ring (bicyclic) bond motifs is 1. The van der Waals surface area contributed by atoms with Gasteiger partial charge in [0, 0.05) is 18.6 Å². The molecule has 2 aliphatic carbocycles. The highest BCUT2D eigenvalue weighted by Crippen LogP contribution is 2.61. The quantitative estimate of drug-likeness (QED) is 0.551. The molecule has 3 atom stereocenters. The summed E-state index contributed by atoms with van der Waals surface area (Å²) in [7, 11) is -1.78. The molecule has 1 N–H and O–H groups in total. The lowest BCUT2D eigenvalue weighted by molar-refractivity contribution is 0.232. The van der Waals surface area contributed by atoms with E-state index in [1.165, 1.54) is 29.5 Å². The fraction of sp³-hybridized carbons (Fsp3) is 0.769. The fourth-order valence-electron chi connectivity index (χ4n) is 5.17. The van der Waals surface area contributed by atoms with E-state index in [4.69, 9.17) is 4.43 Å². The van der Waals surface area contributed by atoms with Crippen molar-refractivity contribution in [3.63, 3.8) is 0 Å². The highest BCUT2D eigenvalue weighted by atomic mass is 28.4. The van der Waals surface area contributed by atoms with Crippen molar-refractivity contribution in [2.24, 2.45) is 11.8 Å².